The van der Waals surface area contributed by atoms with Gasteiger partial charge in [-0.25, -0.2) is 4.98 Å². The van der Waals surface area contributed by atoms with Crippen molar-refractivity contribution in [1.82, 2.24) is 24.6 Å². The van der Waals surface area contributed by atoms with Crippen LogP contribution < -0.4 is 4.90 Å². The minimum absolute atomic E-state index is 0.179. The molecule has 0 saturated carbocycles. The lowest BCUT2D eigenvalue weighted by Crippen LogP contribution is -2.49. The summed E-state index contributed by atoms with van der Waals surface area (Å²) in [7, 11) is 0. The van der Waals surface area contributed by atoms with E-state index in [1.165, 1.54) is 0 Å². The third kappa shape index (κ3) is 3.81. The third-order valence-corrected chi connectivity index (χ3v) is 4.86. The molecule has 0 bridgehead atoms. The summed E-state index contributed by atoms with van der Waals surface area (Å²) in [6.07, 6.45) is 4.08. The Morgan fingerprint density at radius 2 is 1.67 bits per heavy atom. The first-order chi connectivity index (χ1) is 13.2. The Balaban J connectivity index is 1.35. The number of hydrogen-bond donors (Lipinski definition) is 0. The van der Waals surface area contributed by atoms with E-state index in [4.69, 9.17) is 0 Å². The van der Waals surface area contributed by atoms with Gasteiger partial charge in [-0.15, -0.1) is 10.2 Å². The van der Waals surface area contributed by atoms with Crippen molar-refractivity contribution in [2.24, 2.45) is 0 Å². The number of nitrogens with zero attached hydrogens (tertiary/aromatic N) is 6. The van der Waals surface area contributed by atoms with Gasteiger partial charge in [-0.05, 0) is 24.6 Å². The standard InChI is InChI=1S/C20H22N6O/c1-16-21-9-10-26(16)19-8-7-18(22-23-19)24-11-13-25(14-12-24)20(27)15-17-5-3-2-4-6-17/h2-10H,11-15H2,1H3. The van der Waals surface area contributed by atoms with Gasteiger partial charge in [-0.3, -0.25) is 9.36 Å². The van der Waals surface area contributed by atoms with Crippen LogP contribution in [-0.2, 0) is 11.2 Å². The number of anilines is 1. The Morgan fingerprint density at radius 3 is 2.30 bits per heavy atom. The zero-order chi connectivity index (χ0) is 18.6. The fourth-order valence-corrected chi connectivity index (χ4v) is 3.30. The first-order valence-corrected chi connectivity index (χ1v) is 9.11. The van der Waals surface area contributed by atoms with Crippen LogP contribution in [0.3, 0.4) is 0 Å². The lowest BCUT2D eigenvalue weighted by atomic mass is 10.1. The Kier molecular flexibility index (Phi) is 4.82. The fraction of sp³-hybridized carbons (Fsp3) is 0.300. The highest BCUT2D eigenvalue weighted by atomic mass is 16.2. The number of imidazole rings is 1. The molecule has 2 aromatic heterocycles. The topological polar surface area (TPSA) is 67.2 Å². The fourth-order valence-electron chi connectivity index (χ4n) is 3.30. The lowest BCUT2D eigenvalue weighted by Gasteiger charge is -2.35. The zero-order valence-corrected chi connectivity index (χ0v) is 15.3. The highest BCUT2D eigenvalue weighted by Crippen LogP contribution is 2.15. The number of amides is 1. The SMILES string of the molecule is Cc1nccn1-c1ccc(N2CCN(C(=O)Cc3ccccc3)CC2)nn1. The van der Waals surface area contributed by atoms with Crippen LogP contribution in [0.25, 0.3) is 5.82 Å². The predicted molar refractivity (Wildman–Crippen MR) is 103 cm³/mol. The molecule has 3 aromatic rings. The summed E-state index contributed by atoms with van der Waals surface area (Å²) >= 11 is 0. The second-order valence-corrected chi connectivity index (χ2v) is 6.62. The van der Waals surface area contributed by atoms with Gasteiger partial charge in [-0.2, -0.15) is 0 Å². The lowest BCUT2D eigenvalue weighted by molar-refractivity contribution is -0.130. The molecule has 0 aliphatic carbocycles. The van der Waals surface area contributed by atoms with Gasteiger partial charge in [0, 0.05) is 38.6 Å². The van der Waals surface area contributed by atoms with Crippen LogP contribution in [-0.4, -0.2) is 56.7 Å². The summed E-state index contributed by atoms with van der Waals surface area (Å²) in [4.78, 5) is 20.8. The van der Waals surface area contributed by atoms with Gasteiger partial charge in [0.1, 0.15) is 5.82 Å². The van der Waals surface area contributed by atoms with Gasteiger partial charge >= 0.3 is 0 Å². The normalized spacial score (nSPS) is 14.4. The largest absolute Gasteiger partial charge is 0.352 e. The maximum atomic E-state index is 12.5. The van der Waals surface area contributed by atoms with E-state index in [-0.39, 0.29) is 5.91 Å². The van der Waals surface area contributed by atoms with Crippen LogP contribution in [0.5, 0.6) is 0 Å². The van der Waals surface area contributed by atoms with Crippen molar-refractivity contribution in [3.8, 4) is 5.82 Å². The average Bonchev–Trinajstić information content (AvgIpc) is 3.15. The van der Waals surface area contributed by atoms with E-state index >= 15 is 0 Å². The summed E-state index contributed by atoms with van der Waals surface area (Å²) in [5.74, 6) is 2.65. The number of hydrogen-bond acceptors (Lipinski definition) is 5. The number of carbonyl (C=O) groups is 1. The Labute approximate surface area is 158 Å². The van der Waals surface area contributed by atoms with Crippen molar-refractivity contribution < 1.29 is 4.79 Å². The Morgan fingerprint density at radius 1 is 0.963 bits per heavy atom. The first kappa shape index (κ1) is 17.2. The molecular formula is C20H22N6O. The first-order valence-electron chi connectivity index (χ1n) is 9.11. The van der Waals surface area contributed by atoms with Gasteiger partial charge in [0.25, 0.3) is 0 Å². The van der Waals surface area contributed by atoms with Gasteiger partial charge in [-0.1, -0.05) is 30.3 Å². The minimum atomic E-state index is 0.179. The van der Waals surface area contributed by atoms with Crippen molar-refractivity contribution in [1.29, 1.82) is 0 Å². The van der Waals surface area contributed by atoms with E-state index in [0.29, 0.717) is 19.5 Å². The molecule has 7 heteroatoms. The summed E-state index contributed by atoms with van der Waals surface area (Å²) in [6.45, 7) is 4.87. The maximum absolute atomic E-state index is 12.5. The summed E-state index contributed by atoms with van der Waals surface area (Å²) in [5.41, 5.74) is 1.06. The molecule has 4 rings (SSSR count). The van der Waals surface area contributed by atoms with Gasteiger partial charge < -0.3 is 9.80 Å². The van der Waals surface area contributed by atoms with Crippen molar-refractivity contribution in [3.05, 3.63) is 66.2 Å². The molecule has 1 saturated heterocycles. The molecule has 0 unspecified atom stereocenters. The molecule has 1 aliphatic rings. The Hall–Kier alpha value is -3.22. The van der Waals surface area contributed by atoms with Gasteiger partial charge in [0.2, 0.25) is 5.91 Å². The third-order valence-electron chi connectivity index (χ3n) is 4.86. The number of benzene rings is 1. The summed E-state index contributed by atoms with van der Waals surface area (Å²) < 4.78 is 1.90. The molecular weight excluding hydrogens is 340 g/mol. The Bertz CT molecular complexity index is 898. The molecule has 1 fully saturated rings. The second kappa shape index (κ2) is 7.57. The van der Waals surface area contributed by atoms with Gasteiger partial charge in [0.05, 0.1) is 6.42 Å². The highest BCUT2D eigenvalue weighted by Gasteiger charge is 2.22. The molecule has 0 N–H and O–H groups in total. The minimum Gasteiger partial charge on any atom is -0.352 e. The highest BCUT2D eigenvalue weighted by molar-refractivity contribution is 5.79. The number of rotatable bonds is 4. The summed E-state index contributed by atoms with van der Waals surface area (Å²) in [6, 6.07) is 13.8. The van der Waals surface area contributed by atoms with Crippen LogP contribution in [0.15, 0.2) is 54.9 Å². The smallest absolute Gasteiger partial charge is 0.227 e. The molecule has 27 heavy (non-hydrogen) atoms. The number of aryl methyl sites for hydroxylation is 1. The van der Waals surface area contributed by atoms with Crippen molar-refractivity contribution >= 4 is 11.7 Å². The number of piperazine rings is 1. The van der Waals surface area contributed by atoms with Crippen molar-refractivity contribution in [2.75, 3.05) is 31.1 Å². The molecule has 0 spiro atoms. The van der Waals surface area contributed by atoms with Crippen LogP contribution in [0, 0.1) is 6.92 Å². The van der Waals surface area contributed by atoms with E-state index in [2.05, 4.69) is 20.1 Å². The monoisotopic (exact) mass is 362 g/mol. The molecule has 1 amide bonds. The van der Waals surface area contributed by atoms with Gasteiger partial charge in [0.15, 0.2) is 11.6 Å². The quantitative estimate of drug-likeness (QED) is 0.709. The van der Waals surface area contributed by atoms with Crippen molar-refractivity contribution in [3.63, 3.8) is 0 Å². The molecule has 0 radical (unpaired) electrons. The maximum Gasteiger partial charge on any atom is 0.227 e. The molecule has 3 heterocycles. The van der Waals surface area contributed by atoms with E-state index in [9.17, 15) is 4.79 Å². The number of carbonyl (C=O) groups excluding carboxylic acids is 1. The molecule has 7 nitrogen and oxygen atoms in total. The van der Waals surface area contributed by atoms with E-state index in [1.54, 1.807) is 6.20 Å². The van der Waals surface area contributed by atoms with E-state index < -0.39 is 0 Å². The van der Waals surface area contributed by atoms with Crippen molar-refractivity contribution in [2.45, 2.75) is 13.3 Å². The molecule has 0 atom stereocenters. The van der Waals surface area contributed by atoms with Crippen LogP contribution in [0.2, 0.25) is 0 Å². The second-order valence-electron chi connectivity index (χ2n) is 6.62. The molecule has 138 valence electrons. The van der Waals surface area contributed by atoms with E-state index in [0.717, 1.165) is 36.1 Å². The average molecular weight is 362 g/mol. The van der Waals surface area contributed by atoms with Crippen LogP contribution in [0.1, 0.15) is 11.4 Å². The van der Waals surface area contributed by atoms with Crippen LogP contribution >= 0.6 is 0 Å². The predicted octanol–water partition coefficient (Wildman–Crippen LogP) is 1.86. The summed E-state index contributed by atoms with van der Waals surface area (Å²) in [5, 5.41) is 8.68. The number of aromatic nitrogens is 4. The zero-order valence-electron chi connectivity index (χ0n) is 15.3. The van der Waals surface area contributed by atoms with E-state index in [1.807, 2.05) is 65.1 Å². The molecule has 1 aromatic carbocycles. The van der Waals surface area contributed by atoms with Crippen LogP contribution in [0.4, 0.5) is 5.82 Å². The molecule has 1 aliphatic heterocycles.